The van der Waals surface area contributed by atoms with Crippen LogP contribution >= 0.6 is 46.4 Å². The molecule has 3 aromatic rings. The van der Waals surface area contributed by atoms with E-state index in [0.29, 0.717) is 27.2 Å². The Labute approximate surface area is 261 Å². The largest absolute Gasteiger partial charge is 0.355 e. The van der Waals surface area contributed by atoms with Gasteiger partial charge in [-0.3, -0.25) is 13.9 Å². The average Bonchev–Trinajstić information content (AvgIpc) is 2.91. The highest BCUT2D eigenvalue weighted by Gasteiger charge is 2.31. The summed E-state index contributed by atoms with van der Waals surface area (Å²) in [5, 5.41) is 4.18. The first-order valence-corrected chi connectivity index (χ1v) is 16.2. The molecule has 0 aliphatic rings. The highest BCUT2D eigenvalue weighted by Crippen LogP contribution is 2.31. The maximum absolute atomic E-state index is 13.8. The third-order valence-corrected chi connectivity index (χ3v) is 8.63. The van der Waals surface area contributed by atoms with Crippen molar-refractivity contribution in [1.29, 1.82) is 0 Å². The third-order valence-electron chi connectivity index (χ3n) is 6.31. The normalized spacial score (nSPS) is 12.0. The lowest BCUT2D eigenvalue weighted by atomic mass is 10.0. The number of anilines is 1. The van der Waals surface area contributed by atoms with Gasteiger partial charge in [-0.15, -0.1) is 0 Å². The van der Waals surface area contributed by atoms with Crippen molar-refractivity contribution in [3.05, 3.63) is 97.9 Å². The van der Waals surface area contributed by atoms with Gasteiger partial charge >= 0.3 is 0 Å². The number of nitrogens with zero attached hydrogens (tertiary/aromatic N) is 2. The number of sulfonamides is 1. The standard InChI is InChI=1S/C29H31Cl4N3O4S/c1-3-34-29(38)27(16-20-8-5-4-6-9-20)35(19-21-11-12-22(30)17-25(21)33)28(37)10-7-15-36(41(2,39)40)26-18-23(31)13-14-24(26)32/h4-6,8-9,11-14,17-18,27H,3,7,10,15-16,19H2,1-2H3,(H,34,38)/t27-/m1/s1. The number of carbonyl (C=O) groups excluding carboxylic acids is 2. The van der Waals surface area contributed by atoms with Crippen LogP contribution in [0.3, 0.4) is 0 Å². The Balaban J connectivity index is 1.91. The fourth-order valence-electron chi connectivity index (χ4n) is 4.34. The van der Waals surface area contributed by atoms with Gasteiger partial charge < -0.3 is 10.2 Å². The predicted octanol–water partition coefficient (Wildman–Crippen LogP) is 6.62. The van der Waals surface area contributed by atoms with Crippen LogP contribution in [0, 0.1) is 0 Å². The van der Waals surface area contributed by atoms with E-state index in [9.17, 15) is 18.0 Å². The Morgan fingerprint density at radius 1 is 0.902 bits per heavy atom. The number of rotatable bonds is 13. The van der Waals surface area contributed by atoms with Gasteiger partial charge in [0.1, 0.15) is 6.04 Å². The molecule has 0 heterocycles. The molecule has 3 rings (SSSR count). The Bertz CT molecular complexity index is 1470. The molecule has 41 heavy (non-hydrogen) atoms. The summed E-state index contributed by atoms with van der Waals surface area (Å²) in [4.78, 5) is 28.6. The topological polar surface area (TPSA) is 86.8 Å². The van der Waals surface area contributed by atoms with Crippen LogP contribution in [0.15, 0.2) is 66.7 Å². The van der Waals surface area contributed by atoms with Crippen molar-refractivity contribution in [3.8, 4) is 0 Å². The molecule has 0 bridgehead atoms. The second-order valence-electron chi connectivity index (χ2n) is 9.39. The molecule has 0 saturated heterocycles. The minimum Gasteiger partial charge on any atom is -0.355 e. The van der Waals surface area contributed by atoms with Gasteiger partial charge in [0, 0.05) is 47.5 Å². The van der Waals surface area contributed by atoms with Crippen LogP contribution in [0.2, 0.25) is 20.1 Å². The summed E-state index contributed by atoms with van der Waals surface area (Å²) in [5.74, 6) is -0.646. The molecule has 1 atom stereocenters. The molecule has 7 nitrogen and oxygen atoms in total. The maximum Gasteiger partial charge on any atom is 0.243 e. The van der Waals surface area contributed by atoms with Crippen molar-refractivity contribution in [2.75, 3.05) is 23.7 Å². The number of carbonyl (C=O) groups is 2. The van der Waals surface area contributed by atoms with E-state index in [0.717, 1.165) is 16.1 Å². The van der Waals surface area contributed by atoms with E-state index in [1.165, 1.54) is 17.0 Å². The lowest BCUT2D eigenvalue weighted by molar-refractivity contribution is -0.141. The molecule has 0 unspecified atom stereocenters. The van der Waals surface area contributed by atoms with E-state index in [-0.39, 0.29) is 54.9 Å². The summed E-state index contributed by atoms with van der Waals surface area (Å²) in [6, 6.07) is 18.1. The van der Waals surface area contributed by atoms with Gasteiger partial charge in [0.15, 0.2) is 0 Å². The van der Waals surface area contributed by atoms with Gasteiger partial charge in [-0.1, -0.05) is 82.8 Å². The Morgan fingerprint density at radius 2 is 1.56 bits per heavy atom. The van der Waals surface area contributed by atoms with Crippen LogP contribution in [-0.4, -0.2) is 50.5 Å². The first-order chi connectivity index (χ1) is 19.4. The fraction of sp³-hybridized carbons (Fsp3) is 0.310. The fourth-order valence-corrected chi connectivity index (χ4v) is 6.21. The van der Waals surface area contributed by atoms with Crippen molar-refractivity contribution in [2.24, 2.45) is 0 Å². The number of amides is 2. The van der Waals surface area contributed by atoms with Gasteiger partial charge in [0.25, 0.3) is 0 Å². The zero-order chi connectivity index (χ0) is 30.2. The molecule has 0 aliphatic heterocycles. The zero-order valence-electron chi connectivity index (χ0n) is 22.6. The molecule has 0 radical (unpaired) electrons. The van der Waals surface area contributed by atoms with E-state index in [2.05, 4.69) is 5.32 Å². The maximum atomic E-state index is 13.8. The highest BCUT2D eigenvalue weighted by molar-refractivity contribution is 7.92. The molecule has 0 aliphatic carbocycles. The minimum atomic E-state index is -3.74. The number of halogens is 4. The van der Waals surface area contributed by atoms with Crippen LogP contribution in [0.25, 0.3) is 0 Å². The third kappa shape index (κ3) is 9.51. The highest BCUT2D eigenvalue weighted by atomic mass is 35.5. The number of benzene rings is 3. The van der Waals surface area contributed by atoms with Gasteiger partial charge in [0.05, 0.1) is 17.0 Å². The number of likely N-dealkylation sites (N-methyl/N-ethyl adjacent to an activating group) is 1. The predicted molar refractivity (Wildman–Crippen MR) is 168 cm³/mol. The summed E-state index contributed by atoms with van der Waals surface area (Å²) in [5.41, 5.74) is 1.72. The average molecular weight is 659 g/mol. The molecule has 0 fully saturated rings. The van der Waals surface area contributed by atoms with E-state index in [4.69, 9.17) is 46.4 Å². The van der Waals surface area contributed by atoms with Crippen LogP contribution in [-0.2, 0) is 32.6 Å². The first kappa shape index (κ1) is 33.0. The molecule has 12 heteroatoms. The molecule has 0 saturated carbocycles. The van der Waals surface area contributed by atoms with Crippen LogP contribution in [0.1, 0.15) is 30.9 Å². The van der Waals surface area contributed by atoms with Crippen LogP contribution in [0.4, 0.5) is 5.69 Å². The quantitative estimate of drug-likeness (QED) is 0.224. The van der Waals surface area contributed by atoms with Crippen LogP contribution < -0.4 is 9.62 Å². The molecule has 220 valence electrons. The molecule has 1 N–H and O–H groups in total. The molecular weight excluding hydrogens is 628 g/mol. The minimum absolute atomic E-state index is 0.0231. The van der Waals surface area contributed by atoms with E-state index < -0.39 is 16.1 Å². The van der Waals surface area contributed by atoms with E-state index >= 15 is 0 Å². The summed E-state index contributed by atoms with van der Waals surface area (Å²) >= 11 is 24.9. The van der Waals surface area contributed by atoms with Crippen molar-refractivity contribution >= 4 is 73.9 Å². The first-order valence-electron chi connectivity index (χ1n) is 12.9. The second kappa shape index (κ2) is 15.1. The van der Waals surface area contributed by atoms with Crippen LogP contribution in [0.5, 0.6) is 0 Å². The molecule has 3 aromatic carbocycles. The summed E-state index contributed by atoms with van der Waals surface area (Å²) in [7, 11) is -3.74. The van der Waals surface area contributed by atoms with E-state index in [1.807, 2.05) is 30.3 Å². The van der Waals surface area contributed by atoms with E-state index in [1.54, 1.807) is 31.2 Å². The second-order valence-corrected chi connectivity index (χ2v) is 13.0. The Morgan fingerprint density at radius 3 is 2.20 bits per heavy atom. The lowest BCUT2D eigenvalue weighted by Gasteiger charge is -2.32. The van der Waals surface area contributed by atoms with Crippen molar-refractivity contribution < 1.29 is 18.0 Å². The smallest absolute Gasteiger partial charge is 0.243 e. The zero-order valence-corrected chi connectivity index (χ0v) is 26.5. The lowest BCUT2D eigenvalue weighted by Crippen LogP contribution is -2.50. The number of nitrogens with one attached hydrogen (secondary N) is 1. The monoisotopic (exact) mass is 657 g/mol. The van der Waals surface area contributed by atoms with Gasteiger partial charge in [-0.25, -0.2) is 8.42 Å². The Hall–Kier alpha value is -2.49. The Kier molecular flexibility index (Phi) is 12.2. The molecular formula is C29H31Cl4N3O4S. The van der Waals surface area contributed by atoms with Gasteiger partial charge in [-0.2, -0.15) is 0 Å². The number of hydrogen-bond acceptors (Lipinski definition) is 4. The van der Waals surface area contributed by atoms with Gasteiger partial charge in [0.2, 0.25) is 21.8 Å². The van der Waals surface area contributed by atoms with Gasteiger partial charge in [-0.05, 0) is 54.8 Å². The molecule has 0 aromatic heterocycles. The van der Waals surface area contributed by atoms with Crippen molar-refractivity contribution in [3.63, 3.8) is 0 Å². The summed E-state index contributed by atoms with van der Waals surface area (Å²) in [6.07, 6.45) is 1.45. The van der Waals surface area contributed by atoms with Crippen molar-refractivity contribution in [2.45, 2.75) is 38.8 Å². The SMILES string of the molecule is CCNC(=O)[C@@H](Cc1ccccc1)N(Cc1ccc(Cl)cc1Cl)C(=O)CCCN(c1cc(Cl)ccc1Cl)S(C)(=O)=O. The van der Waals surface area contributed by atoms with Crippen molar-refractivity contribution in [1.82, 2.24) is 10.2 Å². The summed E-state index contributed by atoms with van der Waals surface area (Å²) < 4.78 is 26.4. The molecule has 0 spiro atoms. The summed E-state index contributed by atoms with van der Waals surface area (Å²) in [6.45, 7) is 2.22. The molecule has 2 amide bonds. The number of hydrogen-bond donors (Lipinski definition) is 1.